The molecule has 0 aliphatic carbocycles. The number of nitrogens with zero attached hydrogens (tertiary/aromatic N) is 2. The highest BCUT2D eigenvalue weighted by Crippen LogP contribution is 2.15. The van der Waals surface area contributed by atoms with E-state index in [1.54, 1.807) is 19.2 Å². The summed E-state index contributed by atoms with van der Waals surface area (Å²) in [4.78, 5) is 18.7. The smallest absolute Gasteiger partial charge is 0.258 e. The highest BCUT2D eigenvalue weighted by Gasteiger charge is 2.16. The van der Waals surface area contributed by atoms with Crippen molar-refractivity contribution in [3.8, 4) is 0 Å². The van der Waals surface area contributed by atoms with E-state index in [2.05, 4.69) is 15.3 Å². The average Bonchev–Trinajstić information content (AvgIpc) is 2.35. The summed E-state index contributed by atoms with van der Waals surface area (Å²) in [6.45, 7) is 1.74. The number of anilines is 1. The second-order valence-electron chi connectivity index (χ2n) is 3.61. The minimum atomic E-state index is -1.30. The number of pyridine rings is 2. The lowest BCUT2D eigenvalue weighted by Crippen LogP contribution is -2.15. The maximum absolute atomic E-state index is 13.3. The molecule has 0 radical (unpaired) electrons. The van der Waals surface area contributed by atoms with Crippen molar-refractivity contribution in [3.05, 3.63) is 53.6 Å². The maximum atomic E-state index is 13.3. The van der Waals surface area contributed by atoms with Gasteiger partial charge in [-0.1, -0.05) is 0 Å². The Morgan fingerprint density at radius 1 is 1.28 bits per heavy atom. The van der Waals surface area contributed by atoms with Gasteiger partial charge in [0.15, 0.2) is 5.82 Å². The Hall–Kier alpha value is -2.37. The zero-order valence-corrected chi connectivity index (χ0v) is 9.45. The van der Waals surface area contributed by atoms with Gasteiger partial charge in [-0.2, -0.15) is 4.39 Å². The summed E-state index contributed by atoms with van der Waals surface area (Å²) in [5.74, 6) is -3.29. The Balaban J connectivity index is 2.28. The molecule has 0 aliphatic heterocycles. The van der Waals surface area contributed by atoms with E-state index in [-0.39, 0.29) is 0 Å². The Kier molecular flexibility index (Phi) is 3.27. The Morgan fingerprint density at radius 2 is 2.06 bits per heavy atom. The standard InChI is InChI=1S/C12H9F2N3O/c1-7-6-15-4-3-9(7)17-12(18)8-2-5-16-11(14)10(8)13/h2-6H,1H3,(H,15,17,18). The first kappa shape index (κ1) is 12.1. The second kappa shape index (κ2) is 4.87. The van der Waals surface area contributed by atoms with Gasteiger partial charge in [0.2, 0.25) is 5.95 Å². The van der Waals surface area contributed by atoms with E-state index in [1.807, 2.05) is 0 Å². The van der Waals surface area contributed by atoms with Crippen molar-refractivity contribution in [2.75, 3.05) is 5.32 Å². The molecule has 2 heterocycles. The van der Waals surface area contributed by atoms with Gasteiger partial charge in [0.1, 0.15) is 0 Å². The van der Waals surface area contributed by atoms with Crippen molar-refractivity contribution in [3.63, 3.8) is 0 Å². The first-order chi connectivity index (χ1) is 8.59. The van der Waals surface area contributed by atoms with Gasteiger partial charge in [-0.25, -0.2) is 9.37 Å². The van der Waals surface area contributed by atoms with Gasteiger partial charge in [-0.05, 0) is 24.6 Å². The lowest BCUT2D eigenvalue weighted by atomic mass is 10.2. The third-order valence-corrected chi connectivity index (χ3v) is 2.36. The third-order valence-electron chi connectivity index (χ3n) is 2.36. The van der Waals surface area contributed by atoms with E-state index in [0.717, 1.165) is 17.8 Å². The van der Waals surface area contributed by atoms with Crippen LogP contribution in [-0.2, 0) is 0 Å². The molecule has 0 spiro atoms. The van der Waals surface area contributed by atoms with Crippen LogP contribution >= 0.6 is 0 Å². The van der Waals surface area contributed by atoms with E-state index in [1.165, 1.54) is 6.20 Å². The molecule has 18 heavy (non-hydrogen) atoms. The van der Waals surface area contributed by atoms with Crippen LogP contribution in [0.1, 0.15) is 15.9 Å². The van der Waals surface area contributed by atoms with Crippen molar-refractivity contribution in [2.24, 2.45) is 0 Å². The minimum absolute atomic E-state index is 0.390. The van der Waals surface area contributed by atoms with Crippen LogP contribution in [0, 0.1) is 18.7 Å². The molecule has 4 nitrogen and oxygen atoms in total. The van der Waals surface area contributed by atoms with Crippen molar-refractivity contribution < 1.29 is 13.6 Å². The molecule has 0 aromatic carbocycles. The molecule has 0 saturated carbocycles. The average molecular weight is 249 g/mol. The number of nitrogens with one attached hydrogen (secondary N) is 1. The van der Waals surface area contributed by atoms with Crippen LogP contribution in [0.3, 0.4) is 0 Å². The molecule has 1 amide bonds. The number of halogens is 2. The predicted octanol–water partition coefficient (Wildman–Crippen LogP) is 2.32. The van der Waals surface area contributed by atoms with Crippen LogP contribution in [-0.4, -0.2) is 15.9 Å². The van der Waals surface area contributed by atoms with Crippen LogP contribution in [0.15, 0.2) is 30.7 Å². The molecule has 1 N–H and O–H groups in total. The van der Waals surface area contributed by atoms with Gasteiger partial charge >= 0.3 is 0 Å². The fourth-order valence-electron chi connectivity index (χ4n) is 1.40. The van der Waals surface area contributed by atoms with Crippen LogP contribution < -0.4 is 5.32 Å². The van der Waals surface area contributed by atoms with Crippen LogP contribution in [0.2, 0.25) is 0 Å². The molecule has 0 fully saturated rings. The number of carbonyl (C=O) groups excluding carboxylic acids is 1. The topological polar surface area (TPSA) is 54.9 Å². The summed E-state index contributed by atoms with van der Waals surface area (Å²) < 4.78 is 26.2. The molecule has 2 rings (SSSR count). The van der Waals surface area contributed by atoms with Gasteiger partial charge in [-0.15, -0.1) is 0 Å². The molecule has 0 unspecified atom stereocenters. The fraction of sp³-hybridized carbons (Fsp3) is 0.0833. The van der Waals surface area contributed by atoms with Gasteiger partial charge in [0.25, 0.3) is 5.91 Å². The van der Waals surface area contributed by atoms with Crippen molar-refractivity contribution in [1.29, 1.82) is 0 Å². The normalized spacial score (nSPS) is 10.2. The zero-order valence-electron chi connectivity index (χ0n) is 9.45. The summed E-state index contributed by atoms with van der Waals surface area (Å²) >= 11 is 0. The van der Waals surface area contributed by atoms with Crippen molar-refractivity contribution in [2.45, 2.75) is 6.92 Å². The highest BCUT2D eigenvalue weighted by atomic mass is 19.2. The molecule has 0 bridgehead atoms. The molecular formula is C12H9F2N3O. The molecule has 0 atom stereocenters. The largest absolute Gasteiger partial charge is 0.322 e. The zero-order chi connectivity index (χ0) is 13.1. The van der Waals surface area contributed by atoms with Gasteiger partial charge in [0, 0.05) is 24.3 Å². The van der Waals surface area contributed by atoms with E-state index in [9.17, 15) is 13.6 Å². The Labute approximate surface area is 102 Å². The molecular weight excluding hydrogens is 240 g/mol. The molecule has 6 heteroatoms. The summed E-state index contributed by atoms with van der Waals surface area (Å²) in [6.07, 6.45) is 4.08. The molecule has 2 aromatic rings. The Morgan fingerprint density at radius 3 is 2.78 bits per heavy atom. The second-order valence-corrected chi connectivity index (χ2v) is 3.61. The monoisotopic (exact) mass is 249 g/mol. The molecule has 92 valence electrons. The third kappa shape index (κ3) is 2.32. The lowest BCUT2D eigenvalue weighted by molar-refractivity contribution is 0.102. The molecule has 0 saturated heterocycles. The number of aromatic nitrogens is 2. The summed E-state index contributed by atoms with van der Waals surface area (Å²) in [7, 11) is 0. The number of carbonyl (C=O) groups is 1. The van der Waals surface area contributed by atoms with Gasteiger partial charge in [0.05, 0.1) is 5.56 Å². The van der Waals surface area contributed by atoms with Gasteiger partial charge < -0.3 is 5.32 Å². The fourth-order valence-corrected chi connectivity index (χ4v) is 1.40. The van der Waals surface area contributed by atoms with Crippen LogP contribution in [0.5, 0.6) is 0 Å². The number of rotatable bonds is 2. The summed E-state index contributed by atoms with van der Waals surface area (Å²) in [6, 6.07) is 2.69. The number of hydrogen-bond donors (Lipinski definition) is 1. The van der Waals surface area contributed by atoms with E-state index < -0.39 is 23.2 Å². The SMILES string of the molecule is Cc1cnccc1NC(=O)c1ccnc(F)c1F. The minimum Gasteiger partial charge on any atom is -0.322 e. The van der Waals surface area contributed by atoms with Crippen LogP contribution in [0.25, 0.3) is 0 Å². The number of amides is 1. The van der Waals surface area contributed by atoms with E-state index in [4.69, 9.17) is 0 Å². The Bertz CT molecular complexity index is 602. The number of aryl methyl sites for hydroxylation is 1. The predicted molar refractivity (Wildman–Crippen MR) is 61.1 cm³/mol. The highest BCUT2D eigenvalue weighted by molar-refractivity contribution is 6.04. The lowest BCUT2D eigenvalue weighted by Gasteiger charge is -2.08. The van der Waals surface area contributed by atoms with Crippen LogP contribution in [0.4, 0.5) is 14.5 Å². The summed E-state index contributed by atoms with van der Waals surface area (Å²) in [5, 5.41) is 2.48. The summed E-state index contributed by atoms with van der Waals surface area (Å²) in [5.41, 5.74) is 0.825. The van der Waals surface area contributed by atoms with Crippen molar-refractivity contribution in [1.82, 2.24) is 9.97 Å². The molecule has 2 aromatic heterocycles. The van der Waals surface area contributed by atoms with Crippen molar-refractivity contribution >= 4 is 11.6 Å². The van der Waals surface area contributed by atoms with E-state index >= 15 is 0 Å². The van der Waals surface area contributed by atoms with Gasteiger partial charge in [-0.3, -0.25) is 9.78 Å². The first-order valence-electron chi connectivity index (χ1n) is 5.11. The quantitative estimate of drug-likeness (QED) is 0.831. The molecule has 0 aliphatic rings. The van der Waals surface area contributed by atoms with E-state index in [0.29, 0.717) is 5.69 Å². The number of hydrogen-bond acceptors (Lipinski definition) is 3. The first-order valence-corrected chi connectivity index (χ1v) is 5.11. The maximum Gasteiger partial charge on any atom is 0.258 e.